The zero-order valence-electron chi connectivity index (χ0n) is 14.4. The maximum Gasteiger partial charge on any atom is 0.158 e. The van der Waals surface area contributed by atoms with Gasteiger partial charge >= 0.3 is 0 Å². The van der Waals surface area contributed by atoms with E-state index in [1.54, 1.807) is 7.11 Å². The number of allylic oxidation sites excluding steroid dienone is 1. The number of carbonyl (C=O) groups excluding carboxylic acids is 1. The quantitative estimate of drug-likeness (QED) is 0.510. The molecule has 0 amide bonds. The average molecular weight is 361 g/mol. The third kappa shape index (κ3) is 3.23. The van der Waals surface area contributed by atoms with Crippen molar-refractivity contribution >= 4 is 34.6 Å². The van der Waals surface area contributed by atoms with Crippen LogP contribution in [-0.2, 0) is 4.79 Å². The van der Waals surface area contributed by atoms with Crippen molar-refractivity contribution < 1.29 is 9.53 Å². The van der Waals surface area contributed by atoms with Crippen molar-refractivity contribution in [2.45, 2.75) is 12.8 Å². The van der Waals surface area contributed by atoms with Gasteiger partial charge in [-0.3, -0.25) is 10.7 Å². The molecule has 0 radical (unpaired) electrons. The summed E-state index contributed by atoms with van der Waals surface area (Å²) < 4.78 is 5.21. The van der Waals surface area contributed by atoms with Crippen molar-refractivity contribution in [1.82, 2.24) is 5.32 Å². The van der Waals surface area contributed by atoms with E-state index in [0.717, 1.165) is 11.1 Å². The Hall–Kier alpha value is -3.01. The maximum absolute atomic E-state index is 12.6. The van der Waals surface area contributed by atoms with Gasteiger partial charge in [0.15, 0.2) is 5.78 Å². The van der Waals surface area contributed by atoms with E-state index >= 15 is 0 Å². The van der Waals surface area contributed by atoms with Crippen LogP contribution in [0.25, 0.3) is 11.1 Å². The molecule has 2 aromatic carbocycles. The van der Waals surface area contributed by atoms with Crippen LogP contribution in [0.1, 0.15) is 24.0 Å². The summed E-state index contributed by atoms with van der Waals surface area (Å²) in [7, 11) is 1.59. The zero-order chi connectivity index (χ0) is 18.7. The number of hydrogen-bond acceptors (Lipinski definition) is 3. The summed E-state index contributed by atoms with van der Waals surface area (Å²) in [5, 5.41) is 12.8. The summed E-state index contributed by atoms with van der Waals surface area (Å²) >= 11 is 5.43. The lowest BCUT2D eigenvalue weighted by molar-refractivity contribution is -0.113. The number of ketones is 1. The molecular weight excluding hydrogens is 344 g/mol. The van der Waals surface area contributed by atoms with E-state index in [1.807, 2.05) is 54.6 Å². The van der Waals surface area contributed by atoms with Crippen LogP contribution in [0.4, 0.5) is 0 Å². The summed E-state index contributed by atoms with van der Waals surface area (Å²) in [4.78, 5) is 12.9. The minimum absolute atomic E-state index is 0.104. The molecule has 5 heteroatoms. The van der Waals surface area contributed by atoms with E-state index in [4.69, 9.17) is 17.0 Å². The number of benzene rings is 2. The second kappa shape index (κ2) is 7.48. The topological polar surface area (TPSA) is 60.6 Å². The van der Waals surface area contributed by atoms with Crippen LogP contribution in [0, 0.1) is 0 Å². The lowest BCUT2D eigenvalue weighted by Crippen LogP contribution is -2.34. The third-order valence-electron chi connectivity index (χ3n) is 4.34. The molecule has 3 rings (SSSR count). The Morgan fingerprint density at radius 2 is 1.81 bits per heavy atom. The fourth-order valence-corrected chi connectivity index (χ4v) is 3.39. The molecular formula is C21H17N2O2S-. The van der Waals surface area contributed by atoms with Crippen molar-refractivity contribution in [3.63, 3.8) is 0 Å². The summed E-state index contributed by atoms with van der Waals surface area (Å²) in [6.07, 6.45) is 0. The Labute approximate surface area is 157 Å². The highest BCUT2D eigenvalue weighted by atomic mass is 32.1. The molecule has 0 aromatic heterocycles. The Morgan fingerprint density at radius 3 is 2.35 bits per heavy atom. The predicted molar refractivity (Wildman–Crippen MR) is 107 cm³/mol. The van der Waals surface area contributed by atoms with Crippen LogP contribution in [0.2, 0.25) is 0 Å². The fraction of sp³-hybridized carbons (Fsp3) is 0.143. The first-order chi connectivity index (χ1) is 12.6. The highest BCUT2D eigenvalue weighted by molar-refractivity contribution is 7.80. The van der Waals surface area contributed by atoms with Gasteiger partial charge in [0.05, 0.1) is 12.8 Å². The van der Waals surface area contributed by atoms with Crippen LogP contribution in [0.3, 0.4) is 0 Å². The molecule has 26 heavy (non-hydrogen) atoms. The Balaban J connectivity index is 2.26. The number of nitrogens with one attached hydrogen (secondary N) is 1. The van der Waals surface area contributed by atoms with E-state index in [-0.39, 0.29) is 5.78 Å². The molecule has 2 aromatic rings. The summed E-state index contributed by atoms with van der Waals surface area (Å²) in [5.74, 6) is 2.28. The summed E-state index contributed by atoms with van der Waals surface area (Å²) in [6.45, 7) is 1.51. The van der Waals surface area contributed by atoms with Gasteiger partial charge in [-0.1, -0.05) is 54.7 Å². The standard InChI is InChI=1S/C21H17N2O2S/c1-13(24)18-19(14-8-10-16(25-2)11-9-14)17(12-22)21(26)23-20(18)15-6-4-3-5-7-15/h3-11,19H,1-2H3,(H,23,26)/q-1. The van der Waals surface area contributed by atoms with E-state index < -0.39 is 5.92 Å². The number of nitrogens with zero attached hydrogens (tertiary/aromatic N) is 1. The predicted octanol–water partition coefficient (Wildman–Crippen LogP) is 3.88. The Bertz CT molecular complexity index is 940. The number of ether oxygens (including phenoxy) is 1. The number of Topliss-reactive ketones (excluding diaryl/α,β-unsaturated/α-hetero) is 1. The van der Waals surface area contributed by atoms with Gasteiger partial charge in [-0.2, -0.15) is 0 Å². The SMILES string of the molecule is COc1ccc(C2C(=C=[N-])C(=S)NC(c3ccccc3)=C2C(C)=O)cc1. The van der Waals surface area contributed by atoms with Gasteiger partial charge in [0.2, 0.25) is 0 Å². The number of carbonyl (C=O) groups is 1. The zero-order valence-corrected chi connectivity index (χ0v) is 15.3. The maximum atomic E-state index is 12.6. The van der Waals surface area contributed by atoms with Crippen LogP contribution in [0.5, 0.6) is 5.75 Å². The highest BCUT2D eigenvalue weighted by Crippen LogP contribution is 2.39. The largest absolute Gasteiger partial charge is 0.763 e. The Kier molecular flexibility index (Phi) is 5.12. The van der Waals surface area contributed by atoms with Crippen molar-refractivity contribution in [3.05, 3.63) is 82.3 Å². The number of methoxy groups -OCH3 is 1. The van der Waals surface area contributed by atoms with Gasteiger partial charge in [-0.25, -0.2) is 0 Å². The van der Waals surface area contributed by atoms with Crippen molar-refractivity contribution in [1.29, 1.82) is 0 Å². The minimum Gasteiger partial charge on any atom is -0.763 e. The van der Waals surface area contributed by atoms with E-state index in [1.165, 1.54) is 6.92 Å². The molecule has 1 N–H and O–H groups in total. The molecule has 1 aliphatic rings. The van der Waals surface area contributed by atoms with Crippen LogP contribution in [-0.4, -0.2) is 23.8 Å². The van der Waals surface area contributed by atoms with Gasteiger partial charge in [-0.05, 0) is 30.2 Å². The highest BCUT2D eigenvalue weighted by Gasteiger charge is 2.33. The smallest absolute Gasteiger partial charge is 0.158 e. The van der Waals surface area contributed by atoms with Crippen molar-refractivity contribution in [2.24, 2.45) is 0 Å². The van der Waals surface area contributed by atoms with Gasteiger partial charge in [0.25, 0.3) is 0 Å². The van der Waals surface area contributed by atoms with E-state index in [0.29, 0.717) is 27.6 Å². The van der Waals surface area contributed by atoms with Gasteiger partial charge in [0, 0.05) is 17.1 Å². The minimum atomic E-state index is -0.507. The molecule has 130 valence electrons. The number of thiocarbonyl (C=S) groups is 1. The molecule has 1 aliphatic heterocycles. The number of rotatable bonds is 4. The van der Waals surface area contributed by atoms with Gasteiger partial charge < -0.3 is 15.5 Å². The first-order valence-electron chi connectivity index (χ1n) is 8.09. The molecule has 0 fully saturated rings. The molecule has 4 nitrogen and oxygen atoms in total. The molecule has 0 saturated heterocycles. The fourth-order valence-electron chi connectivity index (χ4n) is 3.12. The molecule has 0 aliphatic carbocycles. The molecule has 0 spiro atoms. The second-order valence-electron chi connectivity index (χ2n) is 5.90. The van der Waals surface area contributed by atoms with Crippen LogP contribution >= 0.6 is 12.2 Å². The van der Waals surface area contributed by atoms with E-state index in [9.17, 15) is 10.2 Å². The normalized spacial score (nSPS) is 16.8. The van der Waals surface area contributed by atoms with Gasteiger partial charge in [-0.15, -0.1) is 0 Å². The molecule has 1 atom stereocenters. The lowest BCUT2D eigenvalue weighted by atomic mass is 9.79. The van der Waals surface area contributed by atoms with Crippen molar-refractivity contribution in [3.8, 4) is 5.75 Å². The monoisotopic (exact) mass is 361 g/mol. The van der Waals surface area contributed by atoms with Crippen LogP contribution < -0.4 is 10.1 Å². The average Bonchev–Trinajstić information content (AvgIpc) is 2.67. The number of hydrogen-bond donors (Lipinski definition) is 1. The first kappa shape index (κ1) is 17.8. The van der Waals surface area contributed by atoms with Crippen molar-refractivity contribution in [2.75, 3.05) is 7.11 Å². The van der Waals surface area contributed by atoms with Gasteiger partial charge in [0.1, 0.15) is 10.7 Å². The Morgan fingerprint density at radius 1 is 1.15 bits per heavy atom. The molecule has 0 saturated carbocycles. The molecule has 1 unspecified atom stereocenters. The molecule has 1 heterocycles. The third-order valence-corrected chi connectivity index (χ3v) is 4.66. The summed E-state index contributed by atoms with van der Waals surface area (Å²) in [6, 6.07) is 16.9. The molecule has 0 bridgehead atoms. The lowest BCUT2D eigenvalue weighted by Gasteiger charge is -2.32. The summed E-state index contributed by atoms with van der Waals surface area (Å²) in [5.41, 5.74) is 3.24. The van der Waals surface area contributed by atoms with Crippen LogP contribution in [0.15, 0.2) is 65.7 Å². The van der Waals surface area contributed by atoms with E-state index in [2.05, 4.69) is 11.2 Å². The second-order valence-corrected chi connectivity index (χ2v) is 6.30. The first-order valence-corrected chi connectivity index (χ1v) is 8.50.